The van der Waals surface area contributed by atoms with E-state index in [9.17, 15) is 4.39 Å². The molecule has 1 aromatic carbocycles. The topological polar surface area (TPSA) is 37.4 Å². The average molecular weight is 400 g/mol. The summed E-state index contributed by atoms with van der Waals surface area (Å²) in [5.41, 5.74) is 3.97. The Kier molecular flexibility index (Phi) is 8.28. The summed E-state index contributed by atoms with van der Waals surface area (Å²) in [6, 6.07) is 5.30. The van der Waals surface area contributed by atoms with E-state index in [0.29, 0.717) is 18.3 Å². The highest BCUT2D eigenvalue weighted by Gasteiger charge is 2.20. The first-order valence-corrected chi connectivity index (χ1v) is 9.77. The van der Waals surface area contributed by atoms with Gasteiger partial charge in [0.25, 0.3) is 0 Å². The van der Waals surface area contributed by atoms with Crippen LogP contribution in [-0.4, -0.2) is 36.1 Å². The number of nitrogens with zero attached hydrogens (tertiary/aromatic N) is 2. The van der Waals surface area contributed by atoms with Gasteiger partial charge in [-0.05, 0) is 57.0 Å². The number of aryl methyl sites for hydroxylation is 1. The Hall–Kier alpha value is -1.21. The third kappa shape index (κ3) is 5.64. The number of benzene rings is 1. The summed E-state index contributed by atoms with van der Waals surface area (Å²) in [5.74, 6) is 0.702. The van der Waals surface area contributed by atoms with Gasteiger partial charge in [0.1, 0.15) is 0 Å². The molecular weight excluding hydrogens is 373 g/mol. The van der Waals surface area contributed by atoms with Crippen LogP contribution in [0, 0.1) is 18.7 Å². The Labute approximate surface area is 165 Å². The van der Waals surface area contributed by atoms with Gasteiger partial charge in [0.05, 0.1) is 17.8 Å². The van der Waals surface area contributed by atoms with Gasteiger partial charge in [0.15, 0.2) is 11.6 Å². The third-order valence-corrected chi connectivity index (χ3v) is 5.51. The summed E-state index contributed by atoms with van der Waals surface area (Å²) >= 11 is 1.70. The number of hydrogen-bond acceptors (Lipinski definition) is 5. The van der Waals surface area contributed by atoms with E-state index >= 15 is 0 Å². The lowest BCUT2D eigenvalue weighted by Crippen LogP contribution is -2.30. The number of aromatic nitrogens is 1. The van der Waals surface area contributed by atoms with Gasteiger partial charge < -0.3 is 10.1 Å². The first-order chi connectivity index (χ1) is 12.2. The molecule has 26 heavy (non-hydrogen) atoms. The fourth-order valence-corrected chi connectivity index (χ4v) is 4.09. The SMILES string of the molecule is CCOc1ccc(CN(Cc2scnc2C)CC2CCNC2)cc1F.Cl. The average Bonchev–Trinajstić information content (AvgIpc) is 3.23. The normalized spacial score (nSPS) is 16.7. The molecule has 1 aliphatic heterocycles. The summed E-state index contributed by atoms with van der Waals surface area (Å²) in [5, 5.41) is 3.43. The second-order valence-corrected chi connectivity index (χ2v) is 7.53. The quantitative estimate of drug-likeness (QED) is 0.727. The fraction of sp³-hybridized carbons (Fsp3) is 0.526. The number of thiazole rings is 1. The van der Waals surface area contributed by atoms with E-state index in [-0.39, 0.29) is 18.2 Å². The highest BCUT2D eigenvalue weighted by atomic mass is 35.5. The molecule has 0 radical (unpaired) electrons. The third-order valence-electron chi connectivity index (χ3n) is 4.59. The van der Waals surface area contributed by atoms with Gasteiger partial charge in [-0.3, -0.25) is 4.90 Å². The summed E-state index contributed by atoms with van der Waals surface area (Å²) < 4.78 is 19.5. The molecule has 1 N–H and O–H groups in total. The number of nitrogens with one attached hydrogen (secondary N) is 1. The molecule has 0 spiro atoms. The molecule has 1 fully saturated rings. The molecule has 144 valence electrons. The van der Waals surface area contributed by atoms with Crippen molar-refractivity contribution in [3.63, 3.8) is 0 Å². The molecule has 1 atom stereocenters. The standard InChI is InChI=1S/C19H26FN3OS.ClH/c1-3-24-18-5-4-15(8-17(18)20)10-23(11-16-6-7-21-9-16)12-19-14(2)22-13-25-19;/h4-5,8,13,16,21H,3,6-7,9-12H2,1-2H3;1H. The summed E-state index contributed by atoms with van der Waals surface area (Å²) in [6.45, 7) is 9.16. The molecule has 0 saturated carbocycles. The van der Waals surface area contributed by atoms with Crippen LogP contribution in [0.5, 0.6) is 5.75 Å². The van der Waals surface area contributed by atoms with E-state index in [0.717, 1.165) is 44.0 Å². The van der Waals surface area contributed by atoms with Gasteiger partial charge in [-0.15, -0.1) is 23.7 Å². The van der Waals surface area contributed by atoms with Crippen LogP contribution in [0.4, 0.5) is 4.39 Å². The van der Waals surface area contributed by atoms with Crippen molar-refractivity contribution in [2.75, 3.05) is 26.2 Å². The van der Waals surface area contributed by atoms with Crippen molar-refractivity contribution in [3.8, 4) is 5.75 Å². The maximum Gasteiger partial charge on any atom is 0.165 e. The van der Waals surface area contributed by atoms with Crippen LogP contribution in [0.3, 0.4) is 0 Å². The second kappa shape index (κ2) is 10.2. The number of halogens is 2. The Morgan fingerprint density at radius 1 is 1.38 bits per heavy atom. The Morgan fingerprint density at radius 3 is 2.85 bits per heavy atom. The first kappa shape index (κ1) is 21.1. The van der Waals surface area contributed by atoms with E-state index in [4.69, 9.17) is 4.74 Å². The molecule has 1 aromatic heterocycles. The predicted octanol–water partition coefficient (Wildman–Crippen LogP) is 4.02. The van der Waals surface area contributed by atoms with Gasteiger partial charge in [-0.2, -0.15) is 0 Å². The number of hydrogen-bond donors (Lipinski definition) is 1. The maximum absolute atomic E-state index is 14.2. The maximum atomic E-state index is 14.2. The lowest BCUT2D eigenvalue weighted by Gasteiger charge is -2.25. The van der Waals surface area contributed by atoms with Crippen LogP contribution in [0.2, 0.25) is 0 Å². The lowest BCUT2D eigenvalue weighted by atomic mass is 10.1. The smallest absolute Gasteiger partial charge is 0.165 e. The zero-order valence-corrected chi connectivity index (χ0v) is 17.0. The number of ether oxygens (including phenoxy) is 1. The lowest BCUT2D eigenvalue weighted by molar-refractivity contribution is 0.221. The van der Waals surface area contributed by atoms with E-state index < -0.39 is 0 Å². The van der Waals surface area contributed by atoms with Gasteiger partial charge in [-0.25, -0.2) is 9.37 Å². The van der Waals surface area contributed by atoms with E-state index in [2.05, 4.69) is 22.1 Å². The molecule has 4 nitrogen and oxygen atoms in total. The van der Waals surface area contributed by atoms with Crippen molar-refractivity contribution in [1.82, 2.24) is 15.2 Å². The minimum absolute atomic E-state index is 0. The van der Waals surface area contributed by atoms with E-state index in [1.165, 1.54) is 11.3 Å². The monoisotopic (exact) mass is 399 g/mol. The molecule has 3 rings (SSSR count). The highest BCUT2D eigenvalue weighted by molar-refractivity contribution is 7.09. The van der Waals surface area contributed by atoms with Crippen LogP contribution in [0.15, 0.2) is 23.7 Å². The first-order valence-electron chi connectivity index (χ1n) is 8.89. The van der Waals surface area contributed by atoms with Crippen LogP contribution in [0.1, 0.15) is 29.5 Å². The second-order valence-electron chi connectivity index (χ2n) is 6.59. The van der Waals surface area contributed by atoms with E-state index in [1.807, 2.05) is 18.5 Å². The molecule has 1 saturated heterocycles. The van der Waals surface area contributed by atoms with Crippen LogP contribution in [0.25, 0.3) is 0 Å². The molecule has 1 unspecified atom stereocenters. The predicted molar refractivity (Wildman–Crippen MR) is 107 cm³/mol. The molecule has 2 aromatic rings. The van der Waals surface area contributed by atoms with Crippen molar-refractivity contribution >= 4 is 23.7 Å². The zero-order chi connectivity index (χ0) is 17.6. The molecular formula is C19H27ClFN3OS. The Morgan fingerprint density at radius 2 is 2.23 bits per heavy atom. The van der Waals surface area contributed by atoms with Crippen molar-refractivity contribution in [2.45, 2.75) is 33.4 Å². The van der Waals surface area contributed by atoms with Gasteiger partial charge in [0.2, 0.25) is 0 Å². The van der Waals surface area contributed by atoms with Crippen LogP contribution in [-0.2, 0) is 13.1 Å². The van der Waals surface area contributed by atoms with E-state index in [1.54, 1.807) is 23.5 Å². The molecule has 0 aliphatic carbocycles. The number of rotatable bonds is 8. The summed E-state index contributed by atoms with van der Waals surface area (Å²) in [6.07, 6.45) is 1.20. The minimum Gasteiger partial charge on any atom is -0.491 e. The van der Waals surface area contributed by atoms with Crippen LogP contribution < -0.4 is 10.1 Å². The largest absolute Gasteiger partial charge is 0.491 e. The highest BCUT2D eigenvalue weighted by Crippen LogP contribution is 2.22. The van der Waals surface area contributed by atoms with Gasteiger partial charge in [0, 0.05) is 24.5 Å². The Bertz CT molecular complexity index is 691. The van der Waals surface area contributed by atoms with Gasteiger partial charge in [-0.1, -0.05) is 6.07 Å². The van der Waals surface area contributed by atoms with Crippen molar-refractivity contribution in [3.05, 3.63) is 45.7 Å². The van der Waals surface area contributed by atoms with Crippen molar-refractivity contribution < 1.29 is 9.13 Å². The fourth-order valence-electron chi connectivity index (χ4n) is 3.27. The zero-order valence-electron chi connectivity index (χ0n) is 15.3. The Balaban J connectivity index is 0.00000243. The minimum atomic E-state index is -0.282. The molecule has 1 aliphatic rings. The molecule has 2 heterocycles. The van der Waals surface area contributed by atoms with Gasteiger partial charge >= 0.3 is 0 Å². The molecule has 0 amide bonds. The van der Waals surface area contributed by atoms with Crippen molar-refractivity contribution in [2.24, 2.45) is 5.92 Å². The molecule has 7 heteroatoms. The molecule has 0 bridgehead atoms. The summed E-state index contributed by atoms with van der Waals surface area (Å²) in [7, 11) is 0. The van der Waals surface area contributed by atoms with Crippen LogP contribution >= 0.6 is 23.7 Å². The van der Waals surface area contributed by atoms with Crippen molar-refractivity contribution in [1.29, 1.82) is 0 Å². The summed E-state index contributed by atoms with van der Waals surface area (Å²) in [4.78, 5) is 8.06.